The smallest absolute Gasteiger partial charge is 0.269 e. The Labute approximate surface area is 154 Å². The molecule has 10 heteroatoms. The Hall–Kier alpha value is -2.30. The number of anilines is 1. The van der Waals surface area contributed by atoms with Gasteiger partial charge in [-0.1, -0.05) is 12.5 Å². The van der Waals surface area contributed by atoms with Crippen molar-refractivity contribution in [2.45, 2.75) is 29.5 Å². The quantitative estimate of drug-likeness (QED) is 0.618. The van der Waals surface area contributed by atoms with Crippen molar-refractivity contribution in [1.29, 1.82) is 0 Å². The SMILES string of the molecule is O=C(Nc1ccc([N+](=O)[O-])cc1)C1CCCCN1S(=O)(=O)c1cccs1. The summed E-state index contributed by atoms with van der Waals surface area (Å²) < 4.78 is 27.1. The monoisotopic (exact) mass is 395 g/mol. The number of benzene rings is 1. The van der Waals surface area contributed by atoms with Crippen molar-refractivity contribution in [3.05, 3.63) is 51.9 Å². The number of nitro groups is 1. The summed E-state index contributed by atoms with van der Waals surface area (Å²) in [5.41, 5.74) is 0.308. The topological polar surface area (TPSA) is 110 Å². The molecule has 26 heavy (non-hydrogen) atoms. The van der Waals surface area contributed by atoms with Crippen LogP contribution in [0.25, 0.3) is 0 Å². The highest BCUT2D eigenvalue weighted by atomic mass is 32.2. The lowest BCUT2D eigenvalue weighted by Gasteiger charge is -2.33. The molecule has 1 N–H and O–H groups in total. The summed E-state index contributed by atoms with van der Waals surface area (Å²) in [5, 5.41) is 15.0. The average Bonchev–Trinajstić information content (AvgIpc) is 3.17. The largest absolute Gasteiger partial charge is 0.325 e. The first-order valence-electron chi connectivity index (χ1n) is 8.00. The minimum Gasteiger partial charge on any atom is -0.325 e. The predicted octanol–water partition coefficient (Wildman–Crippen LogP) is 2.84. The number of sulfonamides is 1. The van der Waals surface area contributed by atoms with Gasteiger partial charge in [-0.2, -0.15) is 4.31 Å². The fourth-order valence-electron chi connectivity index (χ4n) is 2.87. The molecule has 2 aromatic rings. The molecule has 0 spiro atoms. The van der Waals surface area contributed by atoms with Gasteiger partial charge in [-0.05, 0) is 36.4 Å². The minimum atomic E-state index is -3.72. The number of thiophene rings is 1. The molecule has 0 saturated carbocycles. The van der Waals surface area contributed by atoms with Crippen LogP contribution < -0.4 is 5.32 Å². The van der Waals surface area contributed by atoms with Crippen LogP contribution in [0.5, 0.6) is 0 Å². The fraction of sp³-hybridized carbons (Fsp3) is 0.312. The summed E-state index contributed by atoms with van der Waals surface area (Å²) in [4.78, 5) is 22.8. The Morgan fingerprint density at radius 1 is 1.23 bits per heavy atom. The molecule has 1 unspecified atom stereocenters. The fourth-order valence-corrected chi connectivity index (χ4v) is 5.65. The molecule has 1 aliphatic rings. The molecular formula is C16H17N3O5S2. The van der Waals surface area contributed by atoms with E-state index in [0.717, 1.165) is 17.8 Å². The molecule has 1 aromatic heterocycles. The van der Waals surface area contributed by atoms with E-state index >= 15 is 0 Å². The zero-order valence-electron chi connectivity index (χ0n) is 13.7. The van der Waals surface area contributed by atoms with E-state index in [9.17, 15) is 23.3 Å². The lowest BCUT2D eigenvalue weighted by molar-refractivity contribution is -0.384. The first-order chi connectivity index (χ1) is 12.4. The van der Waals surface area contributed by atoms with Crippen LogP contribution in [0.15, 0.2) is 46.0 Å². The number of nitrogens with one attached hydrogen (secondary N) is 1. The summed E-state index contributed by atoms with van der Waals surface area (Å²) in [6, 6.07) is 7.82. The number of hydrogen-bond acceptors (Lipinski definition) is 6. The number of carbonyl (C=O) groups is 1. The Bertz CT molecular complexity index is 894. The normalized spacial score (nSPS) is 18.4. The van der Waals surface area contributed by atoms with Crippen LogP contribution in [-0.4, -0.2) is 36.1 Å². The van der Waals surface area contributed by atoms with Gasteiger partial charge >= 0.3 is 0 Å². The third kappa shape index (κ3) is 3.76. The number of carbonyl (C=O) groups excluding carboxylic acids is 1. The second-order valence-electron chi connectivity index (χ2n) is 5.85. The van der Waals surface area contributed by atoms with Crippen LogP contribution in [0.3, 0.4) is 0 Å². The molecule has 0 aliphatic carbocycles. The molecule has 1 fully saturated rings. The van der Waals surface area contributed by atoms with E-state index < -0.39 is 26.9 Å². The van der Waals surface area contributed by atoms with E-state index in [1.54, 1.807) is 11.4 Å². The van der Waals surface area contributed by atoms with Crippen LogP contribution in [-0.2, 0) is 14.8 Å². The lowest BCUT2D eigenvalue weighted by Crippen LogP contribution is -2.49. The first kappa shape index (κ1) is 18.5. The standard InChI is InChI=1S/C16H17N3O5S2/c20-16(17-12-6-8-13(9-7-12)19(21)22)14-4-1-2-10-18(14)26(23,24)15-5-3-11-25-15/h3,5-9,11,14H,1-2,4,10H2,(H,17,20). The summed E-state index contributed by atoms with van der Waals surface area (Å²) >= 11 is 1.12. The van der Waals surface area contributed by atoms with Gasteiger partial charge in [0.05, 0.1) is 4.92 Å². The number of nitrogens with zero attached hydrogens (tertiary/aromatic N) is 2. The Balaban J connectivity index is 1.79. The van der Waals surface area contributed by atoms with Gasteiger partial charge in [-0.15, -0.1) is 11.3 Å². The zero-order chi connectivity index (χ0) is 18.7. The highest BCUT2D eigenvalue weighted by Gasteiger charge is 2.38. The maximum Gasteiger partial charge on any atom is 0.269 e. The summed E-state index contributed by atoms with van der Waals surface area (Å²) in [6.07, 6.45) is 1.89. The van der Waals surface area contributed by atoms with E-state index in [2.05, 4.69) is 5.32 Å². The molecule has 1 saturated heterocycles. The number of rotatable bonds is 5. The Morgan fingerprint density at radius 3 is 2.58 bits per heavy atom. The zero-order valence-corrected chi connectivity index (χ0v) is 15.3. The maximum absolute atomic E-state index is 12.8. The number of nitro benzene ring substituents is 1. The van der Waals surface area contributed by atoms with Gasteiger partial charge in [0.2, 0.25) is 5.91 Å². The van der Waals surface area contributed by atoms with Gasteiger partial charge in [-0.3, -0.25) is 14.9 Å². The molecule has 1 amide bonds. The van der Waals surface area contributed by atoms with Crippen molar-refractivity contribution in [3.63, 3.8) is 0 Å². The van der Waals surface area contributed by atoms with E-state index in [0.29, 0.717) is 25.1 Å². The number of hydrogen-bond donors (Lipinski definition) is 1. The molecule has 0 bridgehead atoms. The first-order valence-corrected chi connectivity index (χ1v) is 10.3. The van der Waals surface area contributed by atoms with Crippen molar-refractivity contribution in [3.8, 4) is 0 Å². The molecule has 1 aromatic carbocycles. The number of piperidine rings is 1. The van der Waals surface area contributed by atoms with Gasteiger partial charge in [-0.25, -0.2) is 8.42 Å². The van der Waals surface area contributed by atoms with E-state index in [4.69, 9.17) is 0 Å². The maximum atomic E-state index is 12.8. The van der Waals surface area contributed by atoms with Gasteiger partial charge in [0.15, 0.2) is 0 Å². The van der Waals surface area contributed by atoms with Crippen molar-refractivity contribution in [2.24, 2.45) is 0 Å². The van der Waals surface area contributed by atoms with Crippen molar-refractivity contribution < 1.29 is 18.1 Å². The van der Waals surface area contributed by atoms with E-state index in [-0.39, 0.29) is 9.90 Å². The van der Waals surface area contributed by atoms with Crippen molar-refractivity contribution in [1.82, 2.24) is 4.31 Å². The summed E-state index contributed by atoms with van der Waals surface area (Å²) in [5.74, 6) is -0.432. The van der Waals surface area contributed by atoms with Crippen molar-refractivity contribution >= 4 is 38.6 Å². The summed E-state index contributed by atoms with van der Waals surface area (Å²) in [7, 11) is -3.72. The highest BCUT2D eigenvalue weighted by Crippen LogP contribution is 2.28. The van der Waals surface area contributed by atoms with E-state index in [1.807, 2.05) is 0 Å². The van der Waals surface area contributed by atoms with Crippen LogP contribution in [0, 0.1) is 10.1 Å². The van der Waals surface area contributed by atoms with Crippen molar-refractivity contribution in [2.75, 3.05) is 11.9 Å². The third-order valence-electron chi connectivity index (χ3n) is 4.16. The second-order valence-corrected chi connectivity index (χ2v) is 8.92. The third-order valence-corrected chi connectivity index (χ3v) is 7.44. The van der Waals surface area contributed by atoms with Gasteiger partial charge in [0.25, 0.3) is 15.7 Å². The minimum absolute atomic E-state index is 0.0810. The van der Waals surface area contributed by atoms with Gasteiger partial charge < -0.3 is 5.32 Å². The van der Waals surface area contributed by atoms with E-state index in [1.165, 1.54) is 34.6 Å². The molecule has 1 aliphatic heterocycles. The molecular weight excluding hydrogens is 378 g/mol. The molecule has 1 atom stereocenters. The predicted molar refractivity (Wildman–Crippen MR) is 97.6 cm³/mol. The van der Waals surface area contributed by atoms with Gasteiger partial charge in [0.1, 0.15) is 10.3 Å². The summed E-state index contributed by atoms with van der Waals surface area (Å²) in [6.45, 7) is 0.290. The van der Waals surface area contributed by atoms with Crippen LogP contribution in [0.4, 0.5) is 11.4 Å². The van der Waals surface area contributed by atoms with Crippen LogP contribution in [0.1, 0.15) is 19.3 Å². The Kier molecular flexibility index (Phi) is 5.35. The Morgan fingerprint density at radius 2 is 1.96 bits per heavy atom. The molecule has 8 nitrogen and oxygen atoms in total. The van der Waals surface area contributed by atoms with Gasteiger partial charge in [0, 0.05) is 24.4 Å². The number of amides is 1. The molecule has 2 heterocycles. The van der Waals surface area contributed by atoms with Crippen LogP contribution in [0.2, 0.25) is 0 Å². The number of non-ortho nitro benzene ring substituents is 1. The average molecular weight is 395 g/mol. The highest BCUT2D eigenvalue weighted by molar-refractivity contribution is 7.91. The second kappa shape index (κ2) is 7.52. The van der Waals surface area contributed by atoms with Crippen LogP contribution >= 0.6 is 11.3 Å². The lowest BCUT2D eigenvalue weighted by atomic mass is 10.0. The molecule has 0 radical (unpaired) electrons. The molecule has 138 valence electrons. The molecule has 3 rings (SSSR count).